The minimum atomic E-state index is -1.19. The molecular formula is C18H29ClFNO4Si. The fraction of sp³-hybridized carbons (Fsp3) is 0.611. The van der Waals surface area contributed by atoms with Crippen molar-refractivity contribution in [1.29, 1.82) is 0 Å². The van der Waals surface area contributed by atoms with E-state index in [1.807, 2.05) is 0 Å². The number of nitrogens with two attached hydrogens (primary N) is 1. The van der Waals surface area contributed by atoms with E-state index in [-0.39, 0.29) is 42.7 Å². The van der Waals surface area contributed by atoms with Crippen LogP contribution in [0.15, 0.2) is 12.1 Å². The topological polar surface area (TPSA) is 70.8 Å². The SMILES string of the molecule is CCOC(=O)CC(CN)c1c(OCOCC[Si](C)(C)C)ccc(Cl)c1F. The van der Waals surface area contributed by atoms with Crippen LogP contribution in [-0.4, -0.2) is 40.6 Å². The van der Waals surface area contributed by atoms with E-state index in [4.69, 9.17) is 31.5 Å². The third-order valence-electron chi connectivity index (χ3n) is 3.80. The highest BCUT2D eigenvalue weighted by Crippen LogP contribution is 2.35. The molecule has 0 bridgehead atoms. The summed E-state index contributed by atoms with van der Waals surface area (Å²) in [5, 5.41) is -0.0469. The number of carbonyl (C=O) groups excluding carboxylic acids is 1. The third kappa shape index (κ3) is 7.61. The maximum Gasteiger partial charge on any atom is 0.306 e. The second-order valence-electron chi connectivity index (χ2n) is 7.20. The van der Waals surface area contributed by atoms with Gasteiger partial charge in [-0.1, -0.05) is 31.2 Å². The van der Waals surface area contributed by atoms with Gasteiger partial charge in [0.05, 0.1) is 18.1 Å². The second kappa shape index (κ2) is 10.9. The molecule has 0 saturated carbocycles. The van der Waals surface area contributed by atoms with Crippen LogP contribution >= 0.6 is 11.6 Å². The number of hydrogen-bond acceptors (Lipinski definition) is 5. The van der Waals surface area contributed by atoms with E-state index in [0.717, 1.165) is 6.04 Å². The molecule has 0 amide bonds. The summed E-state index contributed by atoms with van der Waals surface area (Å²) in [6, 6.07) is 3.98. The highest BCUT2D eigenvalue weighted by Gasteiger charge is 2.25. The van der Waals surface area contributed by atoms with Crippen molar-refractivity contribution in [3.05, 3.63) is 28.5 Å². The lowest BCUT2D eigenvalue weighted by Crippen LogP contribution is -2.22. The predicted octanol–water partition coefficient (Wildman–Crippen LogP) is 4.17. The molecule has 0 fully saturated rings. The van der Waals surface area contributed by atoms with Crippen LogP contribution in [0.3, 0.4) is 0 Å². The molecular weight excluding hydrogens is 377 g/mol. The molecule has 1 rings (SSSR count). The standard InChI is InChI=1S/C18H29ClFNO4Si/c1-5-24-16(22)10-13(11-21)17-15(7-6-14(19)18(17)20)25-12-23-8-9-26(2,3)4/h6-7,13H,5,8-12,21H2,1-4H3. The average Bonchev–Trinajstić information content (AvgIpc) is 2.55. The third-order valence-corrected chi connectivity index (χ3v) is 5.79. The first-order chi connectivity index (χ1) is 12.2. The summed E-state index contributed by atoms with van der Waals surface area (Å²) in [5.41, 5.74) is 5.94. The first-order valence-corrected chi connectivity index (χ1v) is 12.8. The Balaban J connectivity index is 2.85. The summed E-state index contributed by atoms with van der Waals surface area (Å²) in [7, 11) is -1.19. The van der Waals surface area contributed by atoms with Gasteiger partial charge < -0.3 is 19.9 Å². The van der Waals surface area contributed by atoms with E-state index in [0.29, 0.717) is 6.61 Å². The van der Waals surface area contributed by atoms with Crippen LogP contribution in [0.2, 0.25) is 30.7 Å². The van der Waals surface area contributed by atoms with Crippen molar-refractivity contribution in [2.45, 2.75) is 44.9 Å². The molecule has 0 radical (unpaired) electrons. The molecule has 0 aliphatic heterocycles. The summed E-state index contributed by atoms with van der Waals surface area (Å²) < 4.78 is 30.7. The molecule has 1 aromatic carbocycles. The molecule has 0 aliphatic carbocycles. The van der Waals surface area contributed by atoms with Gasteiger partial charge in [-0.2, -0.15) is 0 Å². The quantitative estimate of drug-likeness (QED) is 0.259. The Kier molecular flexibility index (Phi) is 9.56. The van der Waals surface area contributed by atoms with Crippen molar-refractivity contribution >= 4 is 25.6 Å². The van der Waals surface area contributed by atoms with Crippen LogP contribution < -0.4 is 10.5 Å². The summed E-state index contributed by atoms with van der Waals surface area (Å²) in [6.45, 7) is 9.37. The van der Waals surface area contributed by atoms with Crippen molar-refractivity contribution in [2.24, 2.45) is 5.73 Å². The van der Waals surface area contributed by atoms with Gasteiger partial charge in [-0.05, 0) is 31.6 Å². The highest BCUT2D eigenvalue weighted by atomic mass is 35.5. The number of hydrogen-bond donors (Lipinski definition) is 1. The number of benzene rings is 1. The summed E-state index contributed by atoms with van der Waals surface area (Å²) in [5.74, 6) is -1.39. The Morgan fingerprint density at radius 2 is 2.04 bits per heavy atom. The molecule has 26 heavy (non-hydrogen) atoms. The predicted molar refractivity (Wildman–Crippen MR) is 104 cm³/mol. The Bertz CT molecular complexity index is 595. The summed E-state index contributed by atoms with van der Waals surface area (Å²) in [6.07, 6.45) is -0.0472. The van der Waals surface area contributed by atoms with Gasteiger partial charge >= 0.3 is 5.97 Å². The minimum Gasteiger partial charge on any atom is -0.467 e. The van der Waals surface area contributed by atoms with E-state index < -0.39 is 25.8 Å². The molecule has 148 valence electrons. The Morgan fingerprint density at radius 1 is 1.35 bits per heavy atom. The van der Waals surface area contributed by atoms with Crippen LogP contribution in [0.5, 0.6) is 5.75 Å². The number of ether oxygens (including phenoxy) is 3. The highest BCUT2D eigenvalue weighted by molar-refractivity contribution is 6.76. The van der Waals surface area contributed by atoms with Crippen molar-refractivity contribution in [3.63, 3.8) is 0 Å². The maximum absolute atomic E-state index is 14.6. The zero-order valence-electron chi connectivity index (χ0n) is 15.9. The van der Waals surface area contributed by atoms with E-state index in [2.05, 4.69) is 19.6 Å². The molecule has 0 aliphatic rings. The van der Waals surface area contributed by atoms with Gasteiger partial charge in [0.25, 0.3) is 0 Å². The molecule has 0 heterocycles. The number of halogens is 2. The lowest BCUT2D eigenvalue weighted by atomic mass is 9.94. The van der Waals surface area contributed by atoms with Crippen LogP contribution in [0.1, 0.15) is 24.8 Å². The van der Waals surface area contributed by atoms with Crippen LogP contribution in [0, 0.1) is 5.82 Å². The number of carbonyl (C=O) groups is 1. The maximum atomic E-state index is 14.6. The zero-order chi connectivity index (χ0) is 19.7. The van der Waals surface area contributed by atoms with Gasteiger partial charge in [-0.15, -0.1) is 0 Å². The molecule has 0 aromatic heterocycles. The van der Waals surface area contributed by atoms with E-state index in [9.17, 15) is 9.18 Å². The molecule has 5 nitrogen and oxygen atoms in total. The minimum absolute atomic E-state index is 0.00471. The smallest absolute Gasteiger partial charge is 0.306 e. The first-order valence-electron chi connectivity index (χ1n) is 8.73. The Labute approximate surface area is 161 Å². The number of rotatable bonds is 11. The average molecular weight is 406 g/mol. The van der Waals surface area contributed by atoms with Gasteiger partial charge in [0.2, 0.25) is 0 Å². The zero-order valence-corrected chi connectivity index (χ0v) is 17.7. The molecule has 2 N–H and O–H groups in total. The van der Waals surface area contributed by atoms with Gasteiger partial charge in [-0.3, -0.25) is 4.79 Å². The second-order valence-corrected chi connectivity index (χ2v) is 13.2. The number of esters is 1. The molecule has 1 aromatic rings. The Hall–Kier alpha value is -1.15. The molecule has 8 heteroatoms. The van der Waals surface area contributed by atoms with Crippen LogP contribution in [-0.2, 0) is 14.3 Å². The van der Waals surface area contributed by atoms with Crippen LogP contribution in [0.4, 0.5) is 4.39 Å². The van der Waals surface area contributed by atoms with Crippen molar-refractivity contribution in [1.82, 2.24) is 0 Å². The van der Waals surface area contributed by atoms with E-state index in [1.54, 1.807) is 13.0 Å². The molecule has 0 saturated heterocycles. The van der Waals surface area contributed by atoms with Crippen molar-refractivity contribution in [3.8, 4) is 5.75 Å². The van der Waals surface area contributed by atoms with Crippen molar-refractivity contribution in [2.75, 3.05) is 26.6 Å². The monoisotopic (exact) mass is 405 g/mol. The van der Waals surface area contributed by atoms with Gasteiger partial charge in [-0.25, -0.2) is 4.39 Å². The molecule has 1 atom stereocenters. The lowest BCUT2D eigenvalue weighted by Gasteiger charge is -2.20. The van der Waals surface area contributed by atoms with E-state index >= 15 is 0 Å². The van der Waals surface area contributed by atoms with Crippen LogP contribution in [0.25, 0.3) is 0 Å². The Morgan fingerprint density at radius 3 is 2.62 bits per heavy atom. The van der Waals surface area contributed by atoms with Gasteiger partial charge in [0.15, 0.2) is 6.79 Å². The largest absolute Gasteiger partial charge is 0.467 e. The lowest BCUT2D eigenvalue weighted by molar-refractivity contribution is -0.143. The molecule has 0 spiro atoms. The first kappa shape index (κ1) is 22.9. The van der Waals surface area contributed by atoms with Gasteiger partial charge in [0, 0.05) is 26.2 Å². The summed E-state index contributed by atoms with van der Waals surface area (Å²) in [4.78, 5) is 11.8. The fourth-order valence-electron chi connectivity index (χ4n) is 2.32. The van der Waals surface area contributed by atoms with E-state index in [1.165, 1.54) is 6.07 Å². The molecule has 1 unspecified atom stereocenters. The fourth-order valence-corrected chi connectivity index (χ4v) is 3.24. The van der Waals surface area contributed by atoms with Gasteiger partial charge in [0.1, 0.15) is 11.6 Å². The summed E-state index contributed by atoms with van der Waals surface area (Å²) >= 11 is 5.90. The normalized spacial score (nSPS) is 12.7. The van der Waals surface area contributed by atoms with Crippen molar-refractivity contribution < 1.29 is 23.4 Å².